The summed E-state index contributed by atoms with van der Waals surface area (Å²) < 4.78 is 16.8. The van der Waals surface area contributed by atoms with Crippen LogP contribution in [-0.2, 0) is 28.6 Å². The molecule has 6 nitrogen and oxygen atoms in total. The van der Waals surface area contributed by atoms with Crippen molar-refractivity contribution in [1.29, 1.82) is 0 Å². The standard InChI is InChI=1S/C55H102O6/c1-4-7-10-13-16-19-22-25-27-30-33-36-39-42-45-48-54(57)60-51-52(50-59-53(56)47-44-41-38-35-32-29-24-21-18-15-12-9-6-3)61-55(58)49-46-43-40-37-34-31-28-26-23-20-17-14-11-8-5-2/h19,22,29,32,52H,4-18,20-21,23-28,30-31,33-51H2,1-3H3/b22-19-,32-29-. The van der Waals surface area contributed by atoms with Gasteiger partial charge in [0.15, 0.2) is 6.10 Å². The van der Waals surface area contributed by atoms with Gasteiger partial charge in [0.25, 0.3) is 0 Å². The zero-order chi connectivity index (χ0) is 44.4. The molecule has 0 aliphatic carbocycles. The van der Waals surface area contributed by atoms with Gasteiger partial charge in [0.2, 0.25) is 0 Å². The monoisotopic (exact) mass is 859 g/mol. The molecule has 61 heavy (non-hydrogen) atoms. The maximum absolute atomic E-state index is 12.8. The molecule has 0 aromatic heterocycles. The van der Waals surface area contributed by atoms with Crippen LogP contribution in [0.4, 0.5) is 0 Å². The molecule has 1 atom stereocenters. The maximum atomic E-state index is 12.8. The summed E-state index contributed by atoms with van der Waals surface area (Å²) in [5, 5.41) is 0. The number of hydrogen-bond donors (Lipinski definition) is 0. The maximum Gasteiger partial charge on any atom is 0.306 e. The SMILES string of the molecule is CCCCCC/C=C\CCCCCCCCCC(=O)OCC(COC(=O)CCCCC/C=C\CCCCCCCC)OC(=O)CCCCCCCCCCCCCCCCC. The van der Waals surface area contributed by atoms with Crippen LogP contribution in [0.1, 0.15) is 290 Å². The molecule has 0 fully saturated rings. The minimum atomic E-state index is -0.774. The van der Waals surface area contributed by atoms with Crippen molar-refractivity contribution in [2.45, 2.75) is 297 Å². The first kappa shape index (κ1) is 58.9. The zero-order valence-electron chi connectivity index (χ0n) is 40.9. The fourth-order valence-corrected chi connectivity index (χ4v) is 7.84. The van der Waals surface area contributed by atoms with Crippen molar-refractivity contribution < 1.29 is 28.6 Å². The van der Waals surface area contributed by atoms with Crippen LogP contribution in [0.25, 0.3) is 0 Å². The summed E-state index contributed by atoms with van der Waals surface area (Å²) in [4.78, 5) is 38.0. The summed E-state index contributed by atoms with van der Waals surface area (Å²) in [6.07, 6.45) is 57.3. The van der Waals surface area contributed by atoms with Gasteiger partial charge in [-0.15, -0.1) is 0 Å². The Hall–Kier alpha value is -2.11. The van der Waals surface area contributed by atoms with E-state index in [0.717, 1.165) is 70.6 Å². The Kier molecular flexibility index (Phi) is 48.8. The summed E-state index contributed by atoms with van der Waals surface area (Å²) in [5.41, 5.74) is 0. The number of carbonyl (C=O) groups excluding carboxylic acids is 3. The van der Waals surface area contributed by atoms with E-state index in [-0.39, 0.29) is 31.1 Å². The molecule has 0 radical (unpaired) electrons. The minimum Gasteiger partial charge on any atom is -0.462 e. The highest BCUT2D eigenvalue weighted by Crippen LogP contribution is 2.16. The van der Waals surface area contributed by atoms with E-state index in [4.69, 9.17) is 14.2 Å². The Labute approximate surface area is 379 Å². The summed E-state index contributed by atoms with van der Waals surface area (Å²) in [7, 11) is 0. The lowest BCUT2D eigenvalue weighted by Crippen LogP contribution is -2.30. The van der Waals surface area contributed by atoms with Gasteiger partial charge < -0.3 is 14.2 Å². The number of ether oxygens (including phenoxy) is 3. The quantitative estimate of drug-likeness (QED) is 0.0262. The number of rotatable bonds is 49. The van der Waals surface area contributed by atoms with E-state index >= 15 is 0 Å². The molecule has 0 aromatic rings. The summed E-state index contributed by atoms with van der Waals surface area (Å²) in [5.74, 6) is -0.880. The smallest absolute Gasteiger partial charge is 0.306 e. The van der Waals surface area contributed by atoms with Gasteiger partial charge in [-0.2, -0.15) is 0 Å². The average molecular weight is 859 g/mol. The minimum absolute atomic E-state index is 0.0744. The second kappa shape index (κ2) is 50.5. The van der Waals surface area contributed by atoms with Gasteiger partial charge in [-0.1, -0.05) is 225 Å². The molecule has 0 aromatic carbocycles. The van der Waals surface area contributed by atoms with Gasteiger partial charge in [0.05, 0.1) is 0 Å². The molecule has 1 unspecified atom stereocenters. The first-order chi connectivity index (χ1) is 30.0. The first-order valence-electron chi connectivity index (χ1n) is 26.8. The first-order valence-corrected chi connectivity index (χ1v) is 26.8. The van der Waals surface area contributed by atoms with E-state index in [0.29, 0.717) is 19.3 Å². The third-order valence-electron chi connectivity index (χ3n) is 11.9. The Morgan fingerprint density at radius 2 is 0.541 bits per heavy atom. The molecular weight excluding hydrogens is 757 g/mol. The Morgan fingerprint density at radius 3 is 0.852 bits per heavy atom. The topological polar surface area (TPSA) is 78.9 Å². The number of unbranched alkanes of at least 4 members (excludes halogenated alkanes) is 34. The van der Waals surface area contributed by atoms with Crippen LogP contribution < -0.4 is 0 Å². The molecule has 0 amide bonds. The van der Waals surface area contributed by atoms with Crippen molar-refractivity contribution in [2.24, 2.45) is 0 Å². The third-order valence-corrected chi connectivity index (χ3v) is 11.9. The third kappa shape index (κ3) is 48.8. The van der Waals surface area contributed by atoms with E-state index in [1.807, 2.05) is 0 Å². The zero-order valence-corrected chi connectivity index (χ0v) is 40.9. The van der Waals surface area contributed by atoms with Gasteiger partial charge in [-0.25, -0.2) is 0 Å². The fraction of sp³-hybridized carbons (Fsp3) is 0.873. The van der Waals surface area contributed by atoms with Crippen LogP contribution >= 0.6 is 0 Å². The molecule has 0 rings (SSSR count). The van der Waals surface area contributed by atoms with Crippen LogP contribution in [0.2, 0.25) is 0 Å². The van der Waals surface area contributed by atoms with Crippen molar-refractivity contribution in [3.63, 3.8) is 0 Å². The number of esters is 3. The summed E-state index contributed by atoms with van der Waals surface area (Å²) in [6, 6.07) is 0. The highest BCUT2D eigenvalue weighted by Gasteiger charge is 2.19. The molecule has 0 heterocycles. The van der Waals surface area contributed by atoms with E-state index < -0.39 is 6.10 Å². The highest BCUT2D eigenvalue weighted by molar-refractivity contribution is 5.71. The van der Waals surface area contributed by atoms with Crippen LogP contribution in [0, 0.1) is 0 Å². The van der Waals surface area contributed by atoms with Gasteiger partial charge in [0.1, 0.15) is 13.2 Å². The number of carbonyl (C=O) groups is 3. The van der Waals surface area contributed by atoms with Crippen LogP contribution in [0.15, 0.2) is 24.3 Å². The van der Waals surface area contributed by atoms with E-state index in [1.54, 1.807) is 0 Å². The number of hydrogen-bond acceptors (Lipinski definition) is 6. The van der Waals surface area contributed by atoms with Gasteiger partial charge in [-0.05, 0) is 70.6 Å². The summed E-state index contributed by atoms with van der Waals surface area (Å²) >= 11 is 0. The molecule has 358 valence electrons. The Bertz CT molecular complexity index is 989. The van der Waals surface area contributed by atoms with Crippen LogP contribution in [0.5, 0.6) is 0 Å². The molecule has 6 heteroatoms. The van der Waals surface area contributed by atoms with E-state index in [1.165, 1.54) is 180 Å². The van der Waals surface area contributed by atoms with Crippen molar-refractivity contribution in [3.05, 3.63) is 24.3 Å². The van der Waals surface area contributed by atoms with Crippen LogP contribution in [0.3, 0.4) is 0 Å². The van der Waals surface area contributed by atoms with Crippen molar-refractivity contribution in [1.82, 2.24) is 0 Å². The van der Waals surface area contributed by atoms with Gasteiger partial charge >= 0.3 is 17.9 Å². The van der Waals surface area contributed by atoms with Crippen molar-refractivity contribution >= 4 is 17.9 Å². The molecule has 0 spiro atoms. The van der Waals surface area contributed by atoms with Crippen molar-refractivity contribution in [2.75, 3.05) is 13.2 Å². The highest BCUT2D eigenvalue weighted by atomic mass is 16.6. The number of allylic oxidation sites excluding steroid dienone is 4. The predicted molar refractivity (Wildman–Crippen MR) is 261 cm³/mol. The summed E-state index contributed by atoms with van der Waals surface area (Å²) in [6.45, 7) is 6.63. The van der Waals surface area contributed by atoms with Gasteiger partial charge in [-0.3, -0.25) is 14.4 Å². The van der Waals surface area contributed by atoms with E-state index in [9.17, 15) is 14.4 Å². The second-order valence-electron chi connectivity index (χ2n) is 18.1. The lowest BCUT2D eigenvalue weighted by Gasteiger charge is -2.18. The molecule has 0 N–H and O–H groups in total. The molecule has 0 saturated carbocycles. The lowest BCUT2D eigenvalue weighted by molar-refractivity contribution is -0.167. The van der Waals surface area contributed by atoms with Crippen molar-refractivity contribution in [3.8, 4) is 0 Å². The normalized spacial score (nSPS) is 12.1. The lowest BCUT2D eigenvalue weighted by atomic mass is 10.0. The van der Waals surface area contributed by atoms with Crippen LogP contribution in [-0.4, -0.2) is 37.2 Å². The van der Waals surface area contributed by atoms with E-state index in [2.05, 4.69) is 45.1 Å². The largest absolute Gasteiger partial charge is 0.462 e. The molecule has 0 aliphatic rings. The second-order valence-corrected chi connectivity index (χ2v) is 18.1. The average Bonchev–Trinajstić information content (AvgIpc) is 3.26. The molecule has 0 aliphatic heterocycles. The van der Waals surface area contributed by atoms with Gasteiger partial charge in [0, 0.05) is 19.3 Å². The molecular formula is C55H102O6. The Morgan fingerprint density at radius 1 is 0.311 bits per heavy atom. The Balaban J connectivity index is 4.36. The molecule has 0 bridgehead atoms. The fourth-order valence-electron chi connectivity index (χ4n) is 7.84. The molecule has 0 saturated heterocycles. The predicted octanol–water partition coefficient (Wildman–Crippen LogP) is 17.5.